The zero-order valence-corrected chi connectivity index (χ0v) is 16.0. The van der Waals surface area contributed by atoms with Gasteiger partial charge in [-0.15, -0.1) is 0 Å². The number of carbonyl (C=O) groups excluding carboxylic acids is 2. The highest BCUT2D eigenvalue weighted by atomic mass is 32.2. The second-order valence-corrected chi connectivity index (χ2v) is 8.10. The van der Waals surface area contributed by atoms with Gasteiger partial charge in [-0.05, 0) is 24.5 Å². The van der Waals surface area contributed by atoms with Crippen LogP contribution in [0.3, 0.4) is 0 Å². The summed E-state index contributed by atoms with van der Waals surface area (Å²) in [7, 11) is -3.50. The van der Waals surface area contributed by atoms with Gasteiger partial charge in [-0.2, -0.15) is 4.31 Å². The molecule has 1 heterocycles. The number of primary amides is 1. The number of nitrogens with two attached hydrogens (primary N) is 1. The normalized spacial score (nSPS) is 15.8. The molecule has 2 rings (SSSR count). The average Bonchev–Trinajstić information content (AvgIpc) is 2.67. The average molecular weight is 394 g/mol. The van der Waals surface area contributed by atoms with E-state index in [-0.39, 0.29) is 19.0 Å². The maximum Gasteiger partial charge on any atom is 0.312 e. The van der Waals surface area contributed by atoms with E-state index >= 15 is 0 Å². The Balaban J connectivity index is 1.76. The molecule has 0 atom stereocenters. The van der Waals surface area contributed by atoms with E-state index in [9.17, 15) is 18.0 Å². The van der Waals surface area contributed by atoms with Gasteiger partial charge in [-0.25, -0.2) is 13.2 Å². The molecule has 0 radical (unpaired) electrons. The minimum atomic E-state index is -3.50. The van der Waals surface area contributed by atoms with Crippen molar-refractivity contribution >= 4 is 28.0 Å². The van der Waals surface area contributed by atoms with Crippen LogP contribution in [0.25, 0.3) is 6.08 Å². The third-order valence-corrected chi connectivity index (χ3v) is 5.86. The molecule has 1 aliphatic rings. The van der Waals surface area contributed by atoms with Gasteiger partial charge in [0.15, 0.2) is 0 Å². The lowest BCUT2D eigenvalue weighted by atomic mass is 10.2. The zero-order valence-electron chi connectivity index (χ0n) is 15.2. The number of piperazine rings is 1. The highest BCUT2D eigenvalue weighted by Gasteiger charge is 2.26. The fraction of sp³-hybridized carbons (Fsp3) is 0.444. The summed E-state index contributed by atoms with van der Waals surface area (Å²) in [5.74, 6) is 0.00551. The number of hydrogen-bond donors (Lipinski definition) is 2. The fourth-order valence-corrected chi connectivity index (χ4v) is 3.95. The van der Waals surface area contributed by atoms with Crippen molar-refractivity contribution in [3.63, 3.8) is 0 Å². The Morgan fingerprint density at radius 2 is 1.74 bits per heavy atom. The van der Waals surface area contributed by atoms with Gasteiger partial charge < -0.3 is 16.0 Å². The molecule has 148 valence electrons. The van der Waals surface area contributed by atoms with Crippen LogP contribution in [0, 0.1) is 0 Å². The van der Waals surface area contributed by atoms with E-state index in [0.29, 0.717) is 38.9 Å². The summed E-state index contributed by atoms with van der Waals surface area (Å²) in [6.45, 7) is 1.79. The number of nitrogens with zero attached hydrogens (tertiary/aromatic N) is 2. The largest absolute Gasteiger partial charge is 0.352 e. The van der Waals surface area contributed by atoms with Crippen LogP contribution < -0.4 is 11.1 Å². The lowest BCUT2D eigenvalue weighted by molar-refractivity contribution is -0.132. The van der Waals surface area contributed by atoms with Crippen molar-refractivity contribution in [2.24, 2.45) is 5.73 Å². The van der Waals surface area contributed by atoms with Gasteiger partial charge in [0, 0.05) is 44.6 Å². The smallest absolute Gasteiger partial charge is 0.312 e. The Hall–Kier alpha value is -2.39. The summed E-state index contributed by atoms with van der Waals surface area (Å²) in [5, 5.41) is 3.69. The molecular formula is C18H26N4O4S. The van der Waals surface area contributed by atoms with Crippen LogP contribution in [0.15, 0.2) is 35.7 Å². The van der Waals surface area contributed by atoms with Gasteiger partial charge in [0.25, 0.3) is 0 Å². The Morgan fingerprint density at radius 1 is 1.07 bits per heavy atom. The van der Waals surface area contributed by atoms with Crippen molar-refractivity contribution in [3.05, 3.63) is 41.3 Å². The van der Waals surface area contributed by atoms with Crippen LogP contribution in [0.2, 0.25) is 0 Å². The van der Waals surface area contributed by atoms with Gasteiger partial charge in [-0.1, -0.05) is 30.3 Å². The first-order chi connectivity index (χ1) is 12.9. The number of carbonyl (C=O) groups is 2. The molecule has 0 bridgehead atoms. The number of sulfonamides is 1. The highest BCUT2D eigenvalue weighted by Crippen LogP contribution is 2.13. The maximum absolute atomic E-state index is 12.4. The summed E-state index contributed by atoms with van der Waals surface area (Å²) >= 11 is 0. The molecule has 1 aromatic carbocycles. The molecule has 0 saturated carbocycles. The van der Waals surface area contributed by atoms with Crippen molar-refractivity contribution in [1.82, 2.24) is 14.5 Å². The Bertz CT molecular complexity index is 757. The van der Waals surface area contributed by atoms with E-state index in [4.69, 9.17) is 5.73 Å². The van der Waals surface area contributed by atoms with Gasteiger partial charge in [0.2, 0.25) is 15.9 Å². The van der Waals surface area contributed by atoms with E-state index in [2.05, 4.69) is 5.32 Å². The van der Waals surface area contributed by atoms with E-state index < -0.39 is 16.1 Å². The Kier molecular flexibility index (Phi) is 7.81. The van der Waals surface area contributed by atoms with Crippen molar-refractivity contribution in [1.29, 1.82) is 0 Å². The summed E-state index contributed by atoms with van der Waals surface area (Å²) in [4.78, 5) is 24.4. The standard InChI is InChI=1S/C18H26N4O4S/c19-18(24)20-10-5-4-8-17(23)21-11-13-22(14-12-21)27(25,26)15-9-16-6-2-1-3-7-16/h1-3,6-7,9,15H,4-5,8,10-14H2,(H3,19,20,24)/b15-9+. The number of nitrogens with one attached hydrogen (secondary N) is 1. The molecule has 1 aliphatic heterocycles. The molecule has 1 aromatic rings. The minimum Gasteiger partial charge on any atom is -0.352 e. The third kappa shape index (κ3) is 7.03. The second-order valence-electron chi connectivity index (χ2n) is 6.29. The zero-order chi connectivity index (χ0) is 19.7. The van der Waals surface area contributed by atoms with Crippen LogP contribution >= 0.6 is 0 Å². The first-order valence-electron chi connectivity index (χ1n) is 8.93. The molecule has 0 aromatic heterocycles. The number of amides is 3. The monoisotopic (exact) mass is 394 g/mol. The van der Waals surface area contributed by atoms with Crippen molar-refractivity contribution in [3.8, 4) is 0 Å². The van der Waals surface area contributed by atoms with Crippen LogP contribution in [-0.4, -0.2) is 62.3 Å². The Labute approximate surface area is 160 Å². The van der Waals surface area contributed by atoms with Crippen LogP contribution in [0.1, 0.15) is 24.8 Å². The number of unbranched alkanes of at least 4 members (excludes halogenated alkanes) is 1. The topological polar surface area (TPSA) is 113 Å². The van der Waals surface area contributed by atoms with Gasteiger partial charge in [-0.3, -0.25) is 4.79 Å². The van der Waals surface area contributed by atoms with E-state index in [1.54, 1.807) is 11.0 Å². The SMILES string of the molecule is NC(=O)NCCCCC(=O)N1CCN(S(=O)(=O)/C=C/c2ccccc2)CC1. The molecule has 8 nitrogen and oxygen atoms in total. The van der Waals surface area contributed by atoms with Crippen LogP contribution in [0.5, 0.6) is 0 Å². The molecule has 1 fully saturated rings. The number of hydrogen-bond acceptors (Lipinski definition) is 4. The fourth-order valence-electron chi connectivity index (χ4n) is 2.78. The molecule has 0 spiro atoms. The maximum atomic E-state index is 12.4. The molecule has 3 N–H and O–H groups in total. The molecule has 9 heteroatoms. The van der Waals surface area contributed by atoms with E-state index in [0.717, 1.165) is 5.56 Å². The first kappa shape index (κ1) is 20.9. The van der Waals surface area contributed by atoms with Crippen molar-refractivity contribution in [2.45, 2.75) is 19.3 Å². The number of urea groups is 1. The van der Waals surface area contributed by atoms with Gasteiger partial charge in [0.05, 0.1) is 0 Å². The second kappa shape index (κ2) is 10.1. The lowest BCUT2D eigenvalue weighted by Gasteiger charge is -2.33. The summed E-state index contributed by atoms with van der Waals surface area (Å²) in [6.07, 6.45) is 3.28. The molecule has 3 amide bonds. The predicted molar refractivity (Wildman–Crippen MR) is 104 cm³/mol. The molecule has 27 heavy (non-hydrogen) atoms. The molecule has 0 unspecified atom stereocenters. The van der Waals surface area contributed by atoms with Crippen molar-refractivity contribution < 1.29 is 18.0 Å². The number of rotatable bonds is 8. The summed E-state index contributed by atoms with van der Waals surface area (Å²) in [5.41, 5.74) is 5.79. The van der Waals surface area contributed by atoms with Crippen molar-refractivity contribution in [2.75, 3.05) is 32.7 Å². The summed E-state index contributed by atoms with van der Waals surface area (Å²) < 4.78 is 26.2. The van der Waals surface area contributed by atoms with E-state index in [1.807, 2.05) is 30.3 Å². The van der Waals surface area contributed by atoms with Gasteiger partial charge >= 0.3 is 6.03 Å². The van der Waals surface area contributed by atoms with Gasteiger partial charge in [0.1, 0.15) is 0 Å². The summed E-state index contributed by atoms with van der Waals surface area (Å²) in [6, 6.07) is 8.67. The quantitative estimate of drug-likeness (QED) is 0.640. The number of benzene rings is 1. The first-order valence-corrected chi connectivity index (χ1v) is 10.4. The Morgan fingerprint density at radius 3 is 2.37 bits per heavy atom. The lowest BCUT2D eigenvalue weighted by Crippen LogP contribution is -2.50. The van der Waals surface area contributed by atoms with Crippen LogP contribution in [-0.2, 0) is 14.8 Å². The van der Waals surface area contributed by atoms with E-state index in [1.165, 1.54) is 9.71 Å². The third-order valence-electron chi connectivity index (χ3n) is 4.30. The minimum absolute atomic E-state index is 0.00551. The molecule has 1 saturated heterocycles. The molecular weight excluding hydrogens is 368 g/mol. The highest BCUT2D eigenvalue weighted by molar-refractivity contribution is 7.92. The van der Waals surface area contributed by atoms with Crippen LogP contribution in [0.4, 0.5) is 4.79 Å². The molecule has 0 aliphatic carbocycles. The predicted octanol–water partition coefficient (Wildman–Crippen LogP) is 0.970.